The average molecular weight is 276 g/mol. The van der Waals surface area contributed by atoms with Crippen molar-refractivity contribution in [1.82, 2.24) is 4.98 Å². The lowest BCUT2D eigenvalue weighted by Gasteiger charge is -2.04. The van der Waals surface area contributed by atoms with E-state index in [1.807, 2.05) is 12.1 Å². The summed E-state index contributed by atoms with van der Waals surface area (Å²) in [7, 11) is 0. The molecule has 1 aromatic carbocycles. The van der Waals surface area contributed by atoms with Gasteiger partial charge >= 0.3 is 0 Å². The molecule has 0 saturated carbocycles. The zero-order valence-electron chi connectivity index (χ0n) is 9.43. The van der Waals surface area contributed by atoms with E-state index < -0.39 is 0 Å². The molecule has 2 N–H and O–H groups in total. The normalized spacial score (nSPS) is 10.0. The summed E-state index contributed by atoms with van der Waals surface area (Å²) < 4.78 is 0. The van der Waals surface area contributed by atoms with Crippen LogP contribution in [0.2, 0.25) is 5.02 Å². The summed E-state index contributed by atoms with van der Waals surface area (Å²) in [5, 5.41) is 9.37. The first-order valence-electron chi connectivity index (χ1n) is 5.22. The van der Waals surface area contributed by atoms with Crippen molar-refractivity contribution >= 4 is 29.2 Å². The number of pyridine rings is 1. The third kappa shape index (κ3) is 3.16. The number of thioether (sulfide) groups is 1. The van der Waals surface area contributed by atoms with Gasteiger partial charge in [-0.2, -0.15) is 5.26 Å². The highest BCUT2D eigenvalue weighted by Gasteiger charge is 2.03. The average Bonchev–Trinajstić information content (AvgIpc) is 2.39. The van der Waals surface area contributed by atoms with Crippen molar-refractivity contribution in [2.45, 2.75) is 10.6 Å². The molecule has 0 aliphatic rings. The van der Waals surface area contributed by atoms with Crippen molar-refractivity contribution in [3.8, 4) is 6.07 Å². The molecule has 18 heavy (non-hydrogen) atoms. The molecule has 0 bridgehead atoms. The van der Waals surface area contributed by atoms with Gasteiger partial charge in [0.15, 0.2) is 0 Å². The largest absolute Gasteiger partial charge is 0.384 e. The summed E-state index contributed by atoms with van der Waals surface area (Å²) in [5.41, 5.74) is 7.09. The molecular formula is C13H10ClN3S. The van der Waals surface area contributed by atoms with E-state index in [1.165, 1.54) is 0 Å². The molecule has 3 nitrogen and oxygen atoms in total. The fourth-order valence-electron chi connectivity index (χ4n) is 1.37. The fourth-order valence-corrected chi connectivity index (χ4v) is 2.56. The van der Waals surface area contributed by atoms with Gasteiger partial charge in [-0.1, -0.05) is 17.7 Å². The van der Waals surface area contributed by atoms with Crippen LogP contribution in [0.1, 0.15) is 11.1 Å². The highest BCUT2D eigenvalue weighted by molar-refractivity contribution is 7.98. The highest BCUT2D eigenvalue weighted by Crippen LogP contribution is 2.27. The minimum atomic E-state index is 0.510. The van der Waals surface area contributed by atoms with Gasteiger partial charge in [0, 0.05) is 21.9 Å². The molecular weight excluding hydrogens is 266 g/mol. The Morgan fingerprint density at radius 1 is 1.33 bits per heavy atom. The Balaban J connectivity index is 2.06. The molecule has 5 heteroatoms. The third-order valence-electron chi connectivity index (χ3n) is 2.34. The number of rotatable bonds is 3. The summed E-state index contributed by atoms with van der Waals surface area (Å²) in [6.45, 7) is 0. The van der Waals surface area contributed by atoms with Crippen molar-refractivity contribution in [2.24, 2.45) is 0 Å². The van der Waals surface area contributed by atoms with Crippen LogP contribution in [-0.4, -0.2) is 4.98 Å². The molecule has 1 aromatic heterocycles. The van der Waals surface area contributed by atoms with Gasteiger partial charge in [0.2, 0.25) is 0 Å². The van der Waals surface area contributed by atoms with E-state index in [0.29, 0.717) is 16.4 Å². The molecule has 2 rings (SSSR count). The first-order valence-corrected chi connectivity index (χ1v) is 6.58. The zero-order chi connectivity index (χ0) is 13.0. The molecule has 0 fully saturated rings. The number of halogens is 1. The molecule has 0 amide bonds. The quantitative estimate of drug-likeness (QED) is 0.871. The van der Waals surface area contributed by atoms with Crippen molar-refractivity contribution in [3.63, 3.8) is 0 Å². The summed E-state index contributed by atoms with van der Waals surface area (Å²) >= 11 is 7.72. The topological polar surface area (TPSA) is 62.7 Å². The first-order chi connectivity index (χ1) is 8.69. The van der Waals surface area contributed by atoms with Crippen LogP contribution in [0.3, 0.4) is 0 Å². The third-order valence-corrected chi connectivity index (χ3v) is 3.72. The number of nitrogen functional groups attached to an aromatic ring is 1. The Morgan fingerprint density at radius 2 is 2.17 bits per heavy atom. The molecule has 0 atom stereocenters. The van der Waals surface area contributed by atoms with Gasteiger partial charge in [0.05, 0.1) is 11.6 Å². The Kier molecular flexibility index (Phi) is 4.08. The summed E-state index contributed by atoms with van der Waals surface area (Å²) in [6, 6.07) is 11.1. The van der Waals surface area contributed by atoms with E-state index in [9.17, 15) is 0 Å². The lowest BCUT2D eigenvalue weighted by atomic mass is 10.2. The van der Waals surface area contributed by atoms with Crippen LogP contribution in [0.15, 0.2) is 41.4 Å². The van der Waals surface area contributed by atoms with Crippen molar-refractivity contribution in [1.29, 1.82) is 5.26 Å². The van der Waals surface area contributed by atoms with Crippen LogP contribution in [-0.2, 0) is 5.75 Å². The number of nitriles is 1. The maximum absolute atomic E-state index is 8.75. The van der Waals surface area contributed by atoms with Gasteiger partial charge in [-0.25, -0.2) is 4.98 Å². The van der Waals surface area contributed by atoms with Crippen LogP contribution in [0.25, 0.3) is 0 Å². The number of nitrogens with two attached hydrogens (primary N) is 1. The van der Waals surface area contributed by atoms with Gasteiger partial charge < -0.3 is 5.73 Å². The van der Waals surface area contributed by atoms with Gasteiger partial charge in [-0.3, -0.25) is 0 Å². The molecule has 0 unspecified atom stereocenters. The second-order valence-corrected chi connectivity index (χ2v) is 5.08. The molecule has 0 saturated heterocycles. The van der Waals surface area contributed by atoms with Crippen LogP contribution >= 0.6 is 23.4 Å². The van der Waals surface area contributed by atoms with E-state index in [1.54, 1.807) is 36.2 Å². The number of aromatic nitrogens is 1. The van der Waals surface area contributed by atoms with E-state index in [0.717, 1.165) is 16.2 Å². The number of anilines is 1. The number of hydrogen-bond donors (Lipinski definition) is 1. The number of nitrogens with zero attached hydrogens (tertiary/aromatic N) is 2. The molecule has 0 aliphatic carbocycles. The second kappa shape index (κ2) is 5.76. The Labute approximate surface area is 115 Å². The Bertz CT molecular complexity index is 590. The van der Waals surface area contributed by atoms with E-state index in [2.05, 4.69) is 11.1 Å². The Morgan fingerprint density at radius 3 is 2.78 bits per heavy atom. The summed E-state index contributed by atoms with van der Waals surface area (Å²) in [6.07, 6.45) is 1.73. The first kappa shape index (κ1) is 12.7. The van der Waals surface area contributed by atoms with E-state index in [4.69, 9.17) is 22.6 Å². The zero-order valence-corrected chi connectivity index (χ0v) is 11.0. The fraction of sp³-hybridized carbons (Fsp3) is 0.0769. The maximum atomic E-state index is 8.75. The predicted molar refractivity (Wildman–Crippen MR) is 74.4 cm³/mol. The minimum absolute atomic E-state index is 0.510. The molecule has 0 spiro atoms. The van der Waals surface area contributed by atoms with Crippen LogP contribution in [0.4, 0.5) is 5.82 Å². The van der Waals surface area contributed by atoms with Crippen LogP contribution in [0, 0.1) is 11.3 Å². The molecule has 0 radical (unpaired) electrons. The number of hydrogen-bond acceptors (Lipinski definition) is 4. The lowest BCUT2D eigenvalue weighted by molar-refractivity contribution is 1.24. The molecule has 90 valence electrons. The van der Waals surface area contributed by atoms with Gasteiger partial charge in [-0.15, -0.1) is 11.8 Å². The van der Waals surface area contributed by atoms with Crippen LogP contribution < -0.4 is 5.73 Å². The standard InChI is InChI=1S/C13H10ClN3S/c14-12-5-9(6-15)1-2-10(12)8-18-11-3-4-13(16)17-7-11/h1-5,7H,8H2,(H2,16,17). The summed E-state index contributed by atoms with van der Waals surface area (Å²) in [4.78, 5) is 5.05. The number of benzene rings is 1. The Hall–Kier alpha value is -1.70. The molecule has 1 heterocycles. The van der Waals surface area contributed by atoms with E-state index >= 15 is 0 Å². The van der Waals surface area contributed by atoms with Crippen molar-refractivity contribution in [2.75, 3.05) is 5.73 Å². The van der Waals surface area contributed by atoms with Crippen molar-refractivity contribution < 1.29 is 0 Å². The van der Waals surface area contributed by atoms with Crippen molar-refractivity contribution in [3.05, 3.63) is 52.7 Å². The van der Waals surface area contributed by atoms with Gasteiger partial charge in [-0.05, 0) is 29.8 Å². The SMILES string of the molecule is N#Cc1ccc(CSc2ccc(N)nc2)c(Cl)c1. The molecule has 2 aromatic rings. The monoisotopic (exact) mass is 275 g/mol. The van der Waals surface area contributed by atoms with Gasteiger partial charge in [0.1, 0.15) is 5.82 Å². The predicted octanol–water partition coefficient (Wildman–Crippen LogP) is 3.48. The lowest BCUT2D eigenvalue weighted by Crippen LogP contribution is -1.89. The van der Waals surface area contributed by atoms with E-state index in [-0.39, 0.29) is 0 Å². The van der Waals surface area contributed by atoms with Crippen LogP contribution in [0.5, 0.6) is 0 Å². The summed E-state index contributed by atoms with van der Waals surface area (Å²) in [5.74, 6) is 1.24. The minimum Gasteiger partial charge on any atom is -0.384 e. The molecule has 0 aliphatic heterocycles. The van der Waals surface area contributed by atoms with Gasteiger partial charge in [0.25, 0.3) is 0 Å². The maximum Gasteiger partial charge on any atom is 0.123 e. The highest BCUT2D eigenvalue weighted by atomic mass is 35.5. The second-order valence-electron chi connectivity index (χ2n) is 3.63. The smallest absolute Gasteiger partial charge is 0.123 e.